The van der Waals surface area contributed by atoms with E-state index < -0.39 is 0 Å². The Balaban J connectivity index is 1.60. The summed E-state index contributed by atoms with van der Waals surface area (Å²) in [7, 11) is 0. The van der Waals surface area contributed by atoms with Gasteiger partial charge in [-0.2, -0.15) is 0 Å². The Morgan fingerprint density at radius 3 is 2.33 bits per heavy atom. The van der Waals surface area contributed by atoms with Gasteiger partial charge in [-0.15, -0.1) is 0 Å². The Morgan fingerprint density at radius 1 is 0.958 bits per heavy atom. The Hall–Kier alpha value is -1.36. The van der Waals surface area contributed by atoms with E-state index in [9.17, 15) is 9.59 Å². The summed E-state index contributed by atoms with van der Waals surface area (Å²) >= 11 is 0. The number of nitrogens with zero attached hydrogens (tertiary/aromatic N) is 3. The number of likely N-dealkylation sites (tertiary alicyclic amines) is 1. The summed E-state index contributed by atoms with van der Waals surface area (Å²) in [6.45, 7) is 6.90. The molecule has 0 aromatic carbocycles. The second kappa shape index (κ2) is 7.68. The Kier molecular flexibility index (Phi) is 5.59. The molecule has 5 nitrogen and oxygen atoms in total. The molecule has 1 spiro atoms. The molecule has 2 heterocycles. The minimum atomic E-state index is -0.110. The van der Waals surface area contributed by atoms with Crippen molar-refractivity contribution >= 4 is 11.8 Å². The highest BCUT2D eigenvalue weighted by atomic mass is 16.2. The molecule has 0 unspecified atom stereocenters. The zero-order valence-electron chi connectivity index (χ0n) is 15.0. The number of hydrogen-bond donors (Lipinski definition) is 0. The van der Waals surface area contributed by atoms with E-state index in [1.807, 2.05) is 15.9 Å². The van der Waals surface area contributed by atoms with Gasteiger partial charge in [0.1, 0.15) is 0 Å². The van der Waals surface area contributed by atoms with Crippen LogP contribution < -0.4 is 0 Å². The second-order valence-electron chi connectivity index (χ2n) is 7.63. The molecule has 0 N–H and O–H groups in total. The molecule has 3 rings (SSSR count). The van der Waals surface area contributed by atoms with E-state index in [1.54, 1.807) is 13.0 Å². The summed E-state index contributed by atoms with van der Waals surface area (Å²) in [6, 6.07) is 0. The summed E-state index contributed by atoms with van der Waals surface area (Å²) in [5, 5.41) is 0. The highest BCUT2D eigenvalue weighted by Gasteiger charge is 2.44. The first-order chi connectivity index (χ1) is 11.6. The van der Waals surface area contributed by atoms with E-state index in [4.69, 9.17) is 0 Å². The zero-order valence-corrected chi connectivity index (χ0v) is 15.0. The molecule has 1 aliphatic carbocycles. The van der Waals surface area contributed by atoms with Gasteiger partial charge < -0.3 is 9.80 Å². The van der Waals surface area contributed by atoms with Gasteiger partial charge >= 0.3 is 0 Å². The van der Waals surface area contributed by atoms with Gasteiger partial charge in [0.25, 0.3) is 0 Å². The van der Waals surface area contributed by atoms with Crippen LogP contribution in [-0.2, 0) is 9.59 Å². The number of amides is 2. The van der Waals surface area contributed by atoms with Crippen molar-refractivity contribution in [3.8, 4) is 0 Å². The first-order valence-corrected chi connectivity index (χ1v) is 9.57. The lowest BCUT2D eigenvalue weighted by molar-refractivity contribution is -0.148. The number of hydrogen-bond acceptors (Lipinski definition) is 3. The average Bonchev–Trinajstić information content (AvgIpc) is 3.08. The molecule has 0 aromatic rings. The Labute approximate surface area is 145 Å². The van der Waals surface area contributed by atoms with Gasteiger partial charge in [0.2, 0.25) is 11.8 Å². The van der Waals surface area contributed by atoms with Crippen molar-refractivity contribution < 1.29 is 9.59 Å². The van der Waals surface area contributed by atoms with Gasteiger partial charge in [-0.05, 0) is 38.8 Å². The summed E-state index contributed by atoms with van der Waals surface area (Å²) < 4.78 is 0. The van der Waals surface area contributed by atoms with Gasteiger partial charge in [-0.3, -0.25) is 14.5 Å². The topological polar surface area (TPSA) is 43.9 Å². The molecule has 0 aromatic heterocycles. The number of piperazine rings is 1. The largest absolute Gasteiger partial charge is 0.335 e. The van der Waals surface area contributed by atoms with Crippen molar-refractivity contribution in [2.45, 2.75) is 57.4 Å². The minimum absolute atomic E-state index is 0.110. The quantitative estimate of drug-likeness (QED) is 0.742. The average molecular weight is 333 g/mol. The van der Waals surface area contributed by atoms with Crippen molar-refractivity contribution in [2.24, 2.45) is 0 Å². The summed E-state index contributed by atoms with van der Waals surface area (Å²) in [4.78, 5) is 31.1. The van der Waals surface area contributed by atoms with E-state index in [2.05, 4.69) is 4.90 Å². The maximum atomic E-state index is 12.6. The molecular formula is C19H31N3O2. The normalized spacial score (nSPS) is 24.9. The molecule has 3 fully saturated rings. The first-order valence-electron chi connectivity index (χ1n) is 9.57. The van der Waals surface area contributed by atoms with Crippen LogP contribution in [0.15, 0.2) is 12.2 Å². The molecular weight excluding hydrogens is 302 g/mol. The predicted molar refractivity (Wildman–Crippen MR) is 94.6 cm³/mol. The lowest BCUT2D eigenvalue weighted by Gasteiger charge is -2.52. The monoisotopic (exact) mass is 333 g/mol. The third-order valence-electron chi connectivity index (χ3n) is 5.95. The lowest BCUT2D eigenvalue weighted by atomic mass is 9.78. The van der Waals surface area contributed by atoms with Crippen molar-refractivity contribution in [1.82, 2.24) is 14.7 Å². The molecule has 3 aliphatic rings. The molecule has 2 aliphatic heterocycles. The zero-order chi connectivity index (χ0) is 17.0. The van der Waals surface area contributed by atoms with Gasteiger partial charge in [-0.1, -0.05) is 25.3 Å². The van der Waals surface area contributed by atoms with Crippen LogP contribution in [0, 0.1) is 0 Å². The Morgan fingerprint density at radius 2 is 1.67 bits per heavy atom. The minimum Gasteiger partial charge on any atom is -0.335 e. The van der Waals surface area contributed by atoms with E-state index in [-0.39, 0.29) is 17.4 Å². The molecule has 24 heavy (non-hydrogen) atoms. The highest BCUT2D eigenvalue weighted by molar-refractivity contribution is 5.88. The standard InChI is InChI=1S/C19H31N3O2/c1-17(23)22-15-14-21(16-19(22)9-3-2-4-10-19)18(24)8-7-13-20-11-5-6-12-20/h7-8H,2-6,9-16H2,1H3/b8-7+. The van der Waals surface area contributed by atoms with E-state index in [0.717, 1.165) is 45.3 Å². The van der Waals surface area contributed by atoms with E-state index >= 15 is 0 Å². The van der Waals surface area contributed by atoms with Crippen LogP contribution >= 0.6 is 0 Å². The van der Waals surface area contributed by atoms with Crippen LogP contribution in [0.5, 0.6) is 0 Å². The lowest BCUT2D eigenvalue weighted by Crippen LogP contribution is -2.64. The Bertz CT molecular complexity index is 491. The molecule has 2 amide bonds. The number of rotatable bonds is 3. The fourth-order valence-corrected chi connectivity index (χ4v) is 4.67. The summed E-state index contributed by atoms with van der Waals surface area (Å²) in [5.74, 6) is 0.274. The maximum absolute atomic E-state index is 12.6. The molecule has 2 saturated heterocycles. The van der Waals surface area contributed by atoms with Crippen LogP contribution in [0.3, 0.4) is 0 Å². The van der Waals surface area contributed by atoms with Crippen LogP contribution in [0.4, 0.5) is 0 Å². The molecule has 5 heteroatoms. The van der Waals surface area contributed by atoms with Gasteiger partial charge in [0.05, 0.1) is 5.54 Å². The number of carbonyl (C=O) groups excluding carboxylic acids is 2. The molecule has 134 valence electrons. The molecule has 0 radical (unpaired) electrons. The van der Waals surface area contributed by atoms with E-state index in [0.29, 0.717) is 19.6 Å². The summed E-state index contributed by atoms with van der Waals surface area (Å²) in [5.41, 5.74) is -0.110. The second-order valence-corrected chi connectivity index (χ2v) is 7.63. The van der Waals surface area contributed by atoms with Crippen LogP contribution in [-0.4, -0.2) is 71.3 Å². The fourth-order valence-electron chi connectivity index (χ4n) is 4.67. The van der Waals surface area contributed by atoms with Crippen LogP contribution in [0.2, 0.25) is 0 Å². The van der Waals surface area contributed by atoms with Crippen LogP contribution in [0.1, 0.15) is 51.9 Å². The maximum Gasteiger partial charge on any atom is 0.246 e. The third kappa shape index (κ3) is 3.82. The molecule has 0 atom stereocenters. The van der Waals surface area contributed by atoms with E-state index in [1.165, 1.54) is 19.3 Å². The van der Waals surface area contributed by atoms with Crippen molar-refractivity contribution in [2.75, 3.05) is 39.3 Å². The van der Waals surface area contributed by atoms with Crippen molar-refractivity contribution in [3.63, 3.8) is 0 Å². The summed E-state index contributed by atoms with van der Waals surface area (Å²) in [6.07, 6.45) is 12.0. The predicted octanol–water partition coefficient (Wildman–Crippen LogP) is 2.03. The molecule has 0 bridgehead atoms. The first kappa shape index (κ1) is 17.5. The SMILES string of the molecule is CC(=O)N1CCN(C(=O)/C=C/CN2CCCC2)CC12CCCCC2. The number of carbonyl (C=O) groups is 2. The van der Waals surface area contributed by atoms with Crippen LogP contribution in [0.25, 0.3) is 0 Å². The van der Waals surface area contributed by atoms with Crippen molar-refractivity contribution in [3.05, 3.63) is 12.2 Å². The fraction of sp³-hybridized carbons (Fsp3) is 0.789. The van der Waals surface area contributed by atoms with Gasteiger partial charge in [0.15, 0.2) is 0 Å². The van der Waals surface area contributed by atoms with Gasteiger partial charge in [0, 0.05) is 39.2 Å². The van der Waals surface area contributed by atoms with Crippen molar-refractivity contribution in [1.29, 1.82) is 0 Å². The smallest absolute Gasteiger partial charge is 0.246 e. The third-order valence-corrected chi connectivity index (χ3v) is 5.95. The molecule has 1 saturated carbocycles. The highest BCUT2D eigenvalue weighted by Crippen LogP contribution is 2.36. The van der Waals surface area contributed by atoms with Gasteiger partial charge in [-0.25, -0.2) is 0 Å².